The fraction of sp³-hybridized carbons (Fsp3) is 0.600. The summed E-state index contributed by atoms with van der Waals surface area (Å²) < 4.78 is 0. The second-order valence-corrected chi connectivity index (χ2v) is 5.16. The minimum Gasteiger partial charge on any atom is -0.313 e. The van der Waals surface area contributed by atoms with Crippen LogP contribution in [0.2, 0.25) is 0 Å². The van der Waals surface area contributed by atoms with E-state index in [2.05, 4.69) is 54.4 Å². The summed E-state index contributed by atoms with van der Waals surface area (Å²) in [5.74, 6) is 0. The third-order valence-corrected chi connectivity index (χ3v) is 3.90. The highest BCUT2D eigenvalue weighted by atomic mass is 15.3. The van der Waals surface area contributed by atoms with E-state index in [0.717, 1.165) is 19.6 Å². The van der Waals surface area contributed by atoms with Crippen LogP contribution in [0.4, 0.5) is 0 Å². The topological polar surface area (TPSA) is 15.3 Å². The lowest BCUT2D eigenvalue weighted by molar-refractivity contribution is 0.0716. The predicted molar refractivity (Wildman–Crippen MR) is 73.1 cm³/mol. The van der Waals surface area contributed by atoms with Crippen molar-refractivity contribution < 1.29 is 0 Å². The summed E-state index contributed by atoms with van der Waals surface area (Å²) in [7, 11) is 0. The zero-order chi connectivity index (χ0) is 12.1. The van der Waals surface area contributed by atoms with Crippen molar-refractivity contribution >= 4 is 0 Å². The van der Waals surface area contributed by atoms with Crippen LogP contribution in [0.25, 0.3) is 0 Å². The molecule has 1 unspecified atom stereocenters. The van der Waals surface area contributed by atoms with Crippen molar-refractivity contribution in [2.45, 2.75) is 32.2 Å². The third-order valence-electron chi connectivity index (χ3n) is 3.90. The molecule has 0 spiro atoms. The van der Waals surface area contributed by atoms with Crippen LogP contribution in [0.3, 0.4) is 0 Å². The molecule has 2 rings (SSSR count). The van der Waals surface area contributed by atoms with Crippen LogP contribution >= 0.6 is 0 Å². The molecule has 1 aromatic rings. The summed E-state index contributed by atoms with van der Waals surface area (Å²) in [6.07, 6.45) is 2.57. The summed E-state index contributed by atoms with van der Waals surface area (Å²) >= 11 is 0. The van der Waals surface area contributed by atoms with E-state index < -0.39 is 0 Å². The van der Waals surface area contributed by atoms with Crippen molar-refractivity contribution in [3.8, 4) is 0 Å². The van der Waals surface area contributed by atoms with Gasteiger partial charge in [0.05, 0.1) is 5.54 Å². The van der Waals surface area contributed by atoms with Crippen molar-refractivity contribution in [2.75, 3.05) is 26.2 Å². The lowest BCUT2D eigenvalue weighted by Crippen LogP contribution is -2.57. The van der Waals surface area contributed by atoms with Gasteiger partial charge in [-0.05, 0) is 25.5 Å². The highest BCUT2D eigenvalue weighted by molar-refractivity contribution is 5.25. The van der Waals surface area contributed by atoms with Crippen LogP contribution in [-0.4, -0.2) is 31.1 Å². The Morgan fingerprint density at radius 2 is 2.06 bits per heavy atom. The molecule has 2 nitrogen and oxygen atoms in total. The highest BCUT2D eigenvalue weighted by Crippen LogP contribution is 2.29. The molecule has 1 N–H and O–H groups in total. The molecule has 1 atom stereocenters. The lowest BCUT2D eigenvalue weighted by Gasteiger charge is -2.45. The van der Waals surface area contributed by atoms with Crippen molar-refractivity contribution in [3.05, 3.63) is 35.9 Å². The van der Waals surface area contributed by atoms with E-state index in [9.17, 15) is 0 Å². The number of nitrogens with one attached hydrogen (secondary N) is 1. The summed E-state index contributed by atoms with van der Waals surface area (Å²) in [6, 6.07) is 10.9. The normalized spacial score (nSPS) is 26.0. The van der Waals surface area contributed by atoms with Gasteiger partial charge >= 0.3 is 0 Å². The number of hydrogen-bond acceptors (Lipinski definition) is 2. The SMILES string of the molecule is CCCCN1CCNCC1(C)c1ccccc1. The number of hydrogen-bond donors (Lipinski definition) is 1. The van der Waals surface area contributed by atoms with Gasteiger partial charge in [-0.25, -0.2) is 0 Å². The Kier molecular flexibility index (Phi) is 4.19. The number of unbranched alkanes of at least 4 members (excludes halogenated alkanes) is 1. The minimum absolute atomic E-state index is 0.161. The molecule has 1 heterocycles. The maximum atomic E-state index is 3.54. The zero-order valence-corrected chi connectivity index (χ0v) is 11.1. The van der Waals surface area contributed by atoms with Gasteiger partial charge in [0.15, 0.2) is 0 Å². The molecule has 0 bridgehead atoms. The van der Waals surface area contributed by atoms with Gasteiger partial charge < -0.3 is 5.32 Å². The summed E-state index contributed by atoms with van der Waals surface area (Å²) in [5.41, 5.74) is 1.60. The van der Waals surface area contributed by atoms with E-state index in [1.54, 1.807) is 0 Å². The van der Waals surface area contributed by atoms with Gasteiger partial charge in [-0.2, -0.15) is 0 Å². The van der Waals surface area contributed by atoms with Gasteiger partial charge in [0.2, 0.25) is 0 Å². The Hall–Kier alpha value is -0.860. The van der Waals surface area contributed by atoms with Crippen molar-refractivity contribution in [1.82, 2.24) is 10.2 Å². The summed E-state index contributed by atoms with van der Waals surface area (Å²) in [5, 5.41) is 3.54. The first-order valence-corrected chi connectivity index (χ1v) is 6.78. The van der Waals surface area contributed by atoms with Gasteiger partial charge in [0.25, 0.3) is 0 Å². The molecule has 94 valence electrons. The molecule has 0 aromatic heterocycles. The van der Waals surface area contributed by atoms with Crippen LogP contribution in [0.1, 0.15) is 32.3 Å². The molecule has 1 saturated heterocycles. The van der Waals surface area contributed by atoms with Gasteiger partial charge in [0.1, 0.15) is 0 Å². The quantitative estimate of drug-likeness (QED) is 0.858. The third kappa shape index (κ3) is 2.70. The van der Waals surface area contributed by atoms with Crippen LogP contribution < -0.4 is 5.32 Å². The number of rotatable bonds is 4. The molecular weight excluding hydrogens is 208 g/mol. The first-order valence-electron chi connectivity index (χ1n) is 6.78. The fourth-order valence-electron chi connectivity index (χ4n) is 2.69. The molecular formula is C15H24N2. The van der Waals surface area contributed by atoms with Crippen LogP contribution in [-0.2, 0) is 5.54 Å². The summed E-state index contributed by atoms with van der Waals surface area (Å²) in [4.78, 5) is 2.64. The highest BCUT2D eigenvalue weighted by Gasteiger charge is 2.35. The number of benzene rings is 1. The van der Waals surface area contributed by atoms with E-state index >= 15 is 0 Å². The standard InChI is InChI=1S/C15H24N2/c1-3-4-11-17-12-10-16-13-15(17,2)14-8-6-5-7-9-14/h5-9,16H,3-4,10-13H2,1-2H3. The molecule has 1 aliphatic rings. The Balaban J connectivity index is 2.19. The molecule has 1 aliphatic heterocycles. The predicted octanol–water partition coefficient (Wildman–Crippen LogP) is 2.61. The smallest absolute Gasteiger partial charge is 0.0557 e. The largest absolute Gasteiger partial charge is 0.313 e. The van der Waals surface area contributed by atoms with Crippen LogP contribution in [0.15, 0.2) is 30.3 Å². The minimum atomic E-state index is 0.161. The van der Waals surface area contributed by atoms with Gasteiger partial charge in [-0.3, -0.25) is 4.90 Å². The van der Waals surface area contributed by atoms with E-state index in [1.165, 1.54) is 24.9 Å². The number of nitrogens with zero attached hydrogens (tertiary/aromatic N) is 1. The molecule has 1 aromatic carbocycles. The molecule has 17 heavy (non-hydrogen) atoms. The lowest BCUT2D eigenvalue weighted by atomic mass is 9.88. The molecule has 2 heteroatoms. The Bertz CT molecular complexity index is 336. The Morgan fingerprint density at radius 1 is 1.29 bits per heavy atom. The van der Waals surface area contributed by atoms with E-state index in [0.29, 0.717) is 0 Å². The van der Waals surface area contributed by atoms with E-state index in [-0.39, 0.29) is 5.54 Å². The van der Waals surface area contributed by atoms with Gasteiger partial charge in [0, 0.05) is 19.6 Å². The molecule has 0 radical (unpaired) electrons. The van der Waals surface area contributed by atoms with Gasteiger partial charge in [-0.1, -0.05) is 43.7 Å². The van der Waals surface area contributed by atoms with Gasteiger partial charge in [-0.15, -0.1) is 0 Å². The second-order valence-electron chi connectivity index (χ2n) is 5.16. The van der Waals surface area contributed by atoms with Crippen LogP contribution in [0.5, 0.6) is 0 Å². The summed E-state index contributed by atoms with van der Waals surface area (Å²) in [6.45, 7) is 9.17. The Morgan fingerprint density at radius 3 is 2.76 bits per heavy atom. The first kappa shape index (κ1) is 12.6. The first-order chi connectivity index (χ1) is 8.27. The average molecular weight is 232 g/mol. The molecule has 0 aliphatic carbocycles. The molecule has 0 saturated carbocycles. The Labute approximate surface area is 105 Å². The van der Waals surface area contributed by atoms with Crippen molar-refractivity contribution in [1.29, 1.82) is 0 Å². The zero-order valence-electron chi connectivity index (χ0n) is 11.1. The van der Waals surface area contributed by atoms with Crippen molar-refractivity contribution in [2.24, 2.45) is 0 Å². The second kappa shape index (κ2) is 5.65. The fourth-order valence-corrected chi connectivity index (χ4v) is 2.69. The average Bonchev–Trinajstić information content (AvgIpc) is 2.39. The maximum absolute atomic E-state index is 3.54. The maximum Gasteiger partial charge on any atom is 0.0557 e. The molecule has 1 fully saturated rings. The van der Waals surface area contributed by atoms with Crippen LogP contribution in [0, 0.1) is 0 Å². The van der Waals surface area contributed by atoms with E-state index in [4.69, 9.17) is 0 Å². The van der Waals surface area contributed by atoms with Crippen molar-refractivity contribution in [3.63, 3.8) is 0 Å². The monoisotopic (exact) mass is 232 g/mol. The van der Waals surface area contributed by atoms with E-state index in [1.807, 2.05) is 0 Å². The number of piperazine rings is 1. The molecule has 0 amide bonds.